The van der Waals surface area contributed by atoms with Gasteiger partial charge in [0.15, 0.2) is 0 Å². The Morgan fingerprint density at radius 1 is 1.10 bits per heavy atom. The summed E-state index contributed by atoms with van der Waals surface area (Å²) in [5.74, 6) is -0.487. The van der Waals surface area contributed by atoms with E-state index in [2.05, 4.69) is 4.74 Å². The predicted molar refractivity (Wildman–Crippen MR) is 105 cm³/mol. The van der Waals surface area contributed by atoms with Crippen molar-refractivity contribution in [2.24, 2.45) is 0 Å². The van der Waals surface area contributed by atoms with Crippen LogP contribution in [0.5, 0.6) is 5.75 Å². The number of ether oxygens (including phenoxy) is 1. The maximum atomic E-state index is 13.0. The molecule has 0 fully saturated rings. The Labute approximate surface area is 171 Å². The zero-order valence-corrected chi connectivity index (χ0v) is 15.8. The molecule has 4 rings (SSSR count). The maximum Gasteiger partial charge on any atom is 0.573 e. The van der Waals surface area contributed by atoms with Gasteiger partial charge in [0.2, 0.25) is 5.91 Å². The van der Waals surface area contributed by atoms with Gasteiger partial charge in [0.25, 0.3) is 0 Å². The second kappa shape index (κ2) is 8.10. The summed E-state index contributed by atoms with van der Waals surface area (Å²) in [6, 6.07) is 14.8. The van der Waals surface area contributed by atoms with E-state index >= 15 is 0 Å². The van der Waals surface area contributed by atoms with Gasteiger partial charge in [-0.2, -0.15) is 0 Å². The van der Waals surface area contributed by atoms with E-state index in [1.165, 1.54) is 30.7 Å². The molecule has 2 aromatic carbocycles. The molecule has 4 nitrogen and oxygen atoms in total. The Balaban J connectivity index is 1.66. The summed E-state index contributed by atoms with van der Waals surface area (Å²) >= 11 is 0. The molecule has 30 heavy (non-hydrogen) atoms. The SMILES string of the molecule is O=C(/C=C/c1ccoc1)N1CCc2ccccc2C1c1ccc(OC(F)(F)F)cc1. The highest BCUT2D eigenvalue weighted by Gasteiger charge is 2.33. The van der Waals surface area contributed by atoms with Gasteiger partial charge in [-0.05, 0) is 47.4 Å². The Morgan fingerprint density at radius 3 is 2.57 bits per heavy atom. The number of nitrogens with zero attached hydrogens (tertiary/aromatic N) is 1. The molecular formula is C23H18F3NO3. The number of carbonyl (C=O) groups is 1. The van der Waals surface area contributed by atoms with Crippen molar-refractivity contribution in [2.45, 2.75) is 18.8 Å². The maximum absolute atomic E-state index is 13.0. The van der Waals surface area contributed by atoms with Gasteiger partial charge in [-0.15, -0.1) is 13.2 Å². The molecule has 0 radical (unpaired) electrons. The lowest BCUT2D eigenvalue weighted by molar-refractivity contribution is -0.274. The van der Waals surface area contributed by atoms with Crippen LogP contribution in [0.15, 0.2) is 77.6 Å². The summed E-state index contributed by atoms with van der Waals surface area (Å²) in [5, 5.41) is 0. The normalized spacial score (nSPS) is 16.5. The molecule has 0 saturated heterocycles. The topological polar surface area (TPSA) is 42.7 Å². The Bertz CT molecular complexity index is 1040. The molecule has 2 heterocycles. The van der Waals surface area contributed by atoms with Crippen LogP contribution in [0.3, 0.4) is 0 Å². The number of hydrogen-bond acceptors (Lipinski definition) is 3. The molecule has 0 aliphatic carbocycles. The second-order valence-corrected chi connectivity index (χ2v) is 6.89. The number of furan rings is 1. The van der Waals surface area contributed by atoms with Crippen LogP contribution in [0.2, 0.25) is 0 Å². The first kappa shape index (κ1) is 19.8. The molecule has 1 aliphatic rings. The van der Waals surface area contributed by atoms with Crippen LogP contribution in [-0.2, 0) is 11.2 Å². The minimum absolute atomic E-state index is 0.189. The quantitative estimate of drug-likeness (QED) is 0.541. The van der Waals surface area contributed by atoms with Crippen LogP contribution in [0.4, 0.5) is 13.2 Å². The van der Waals surface area contributed by atoms with Gasteiger partial charge in [-0.3, -0.25) is 4.79 Å². The molecule has 0 saturated carbocycles. The van der Waals surface area contributed by atoms with Crippen LogP contribution in [0, 0.1) is 0 Å². The third-order valence-corrected chi connectivity index (χ3v) is 4.96. The Hall–Kier alpha value is -3.48. The van der Waals surface area contributed by atoms with Crippen molar-refractivity contribution in [2.75, 3.05) is 6.54 Å². The summed E-state index contributed by atoms with van der Waals surface area (Å²) in [7, 11) is 0. The highest BCUT2D eigenvalue weighted by atomic mass is 19.4. The minimum Gasteiger partial charge on any atom is -0.472 e. The van der Waals surface area contributed by atoms with Crippen molar-refractivity contribution in [1.29, 1.82) is 0 Å². The Morgan fingerprint density at radius 2 is 1.87 bits per heavy atom. The van der Waals surface area contributed by atoms with E-state index in [9.17, 15) is 18.0 Å². The number of hydrogen-bond donors (Lipinski definition) is 0. The number of halogens is 3. The van der Waals surface area contributed by atoms with Crippen LogP contribution < -0.4 is 4.74 Å². The van der Waals surface area contributed by atoms with Crippen molar-refractivity contribution in [3.05, 3.63) is 95.5 Å². The summed E-state index contributed by atoms with van der Waals surface area (Å²) in [6.07, 6.45) is 2.16. The number of fused-ring (bicyclic) bond motifs is 1. The van der Waals surface area contributed by atoms with Crippen molar-refractivity contribution in [1.82, 2.24) is 4.90 Å². The first-order valence-corrected chi connectivity index (χ1v) is 9.35. The largest absolute Gasteiger partial charge is 0.573 e. The van der Waals surface area contributed by atoms with E-state index in [0.29, 0.717) is 18.5 Å². The summed E-state index contributed by atoms with van der Waals surface area (Å²) < 4.78 is 46.4. The molecule has 1 aliphatic heterocycles. The number of carbonyl (C=O) groups excluding carboxylic acids is 1. The molecule has 0 bridgehead atoms. The second-order valence-electron chi connectivity index (χ2n) is 6.89. The van der Waals surface area contributed by atoms with E-state index in [0.717, 1.165) is 16.7 Å². The summed E-state index contributed by atoms with van der Waals surface area (Å²) in [6.45, 7) is 0.497. The lowest BCUT2D eigenvalue weighted by Crippen LogP contribution is -2.39. The van der Waals surface area contributed by atoms with Crippen LogP contribution in [0.25, 0.3) is 6.08 Å². The van der Waals surface area contributed by atoms with Gasteiger partial charge >= 0.3 is 6.36 Å². The monoisotopic (exact) mass is 413 g/mol. The highest BCUT2D eigenvalue weighted by molar-refractivity contribution is 5.92. The van der Waals surface area contributed by atoms with Crippen LogP contribution in [0.1, 0.15) is 28.3 Å². The third kappa shape index (κ3) is 4.40. The van der Waals surface area contributed by atoms with Crippen molar-refractivity contribution in [3.8, 4) is 5.75 Å². The summed E-state index contributed by atoms with van der Waals surface area (Å²) in [4.78, 5) is 14.7. The smallest absolute Gasteiger partial charge is 0.472 e. The van der Waals surface area contributed by atoms with Crippen LogP contribution >= 0.6 is 0 Å². The van der Waals surface area contributed by atoms with Gasteiger partial charge in [-0.25, -0.2) is 0 Å². The average Bonchev–Trinajstić information content (AvgIpc) is 3.24. The average molecular weight is 413 g/mol. The fraction of sp³-hybridized carbons (Fsp3) is 0.174. The van der Waals surface area contributed by atoms with Gasteiger partial charge in [0.1, 0.15) is 5.75 Å². The van der Waals surface area contributed by atoms with Gasteiger partial charge in [-0.1, -0.05) is 36.4 Å². The van der Waals surface area contributed by atoms with E-state index in [1.807, 2.05) is 24.3 Å². The molecule has 1 aromatic heterocycles. The first-order valence-electron chi connectivity index (χ1n) is 9.35. The molecule has 0 N–H and O–H groups in total. The zero-order valence-electron chi connectivity index (χ0n) is 15.8. The van der Waals surface area contributed by atoms with E-state index in [-0.39, 0.29) is 11.7 Å². The molecule has 1 atom stereocenters. The molecule has 7 heteroatoms. The fourth-order valence-corrected chi connectivity index (χ4v) is 3.65. The first-order chi connectivity index (χ1) is 14.4. The molecule has 154 valence electrons. The van der Waals surface area contributed by atoms with Crippen LogP contribution in [-0.4, -0.2) is 23.7 Å². The lowest BCUT2D eigenvalue weighted by atomic mass is 9.88. The van der Waals surface area contributed by atoms with Crippen molar-refractivity contribution < 1.29 is 27.1 Å². The van der Waals surface area contributed by atoms with Gasteiger partial charge in [0, 0.05) is 18.2 Å². The van der Waals surface area contributed by atoms with Crippen molar-refractivity contribution in [3.63, 3.8) is 0 Å². The molecule has 1 unspecified atom stereocenters. The Kier molecular flexibility index (Phi) is 5.35. The zero-order chi connectivity index (χ0) is 21.1. The highest BCUT2D eigenvalue weighted by Crippen LogP contribution is 2.36. The molecule has 3 aromatic rings. The summed E-state index contributed by atoms with van der Waals surface area (Å²) in [5.41, 5.74) is 3.55. The van der Waals surface area contributed by atoms with Crippen molar-refractivity contribution >= 4 is 12.0 Å². The number of amides is 1. The van der Waals surface area contributed by atoms with E-state index < -0.39 is 12.4 Å². The number of benzene rings is 2. The predicted octanol–water partition coefficient (Wildman–Crippen LogP) is 5.37. The molecule has 1 amide bonds. The lowest BCUT2D eigenvalue weighted by Gasteiger charge is -2.37. The van der Waals surface area contributed by atoms with E-state index in [1.54, 1.807) is 29.2 Å². The third-order valence-electron chi connectivity index (χ3n) is 4.96. The number of rotatable bonds is 4. The molecular weight excluding hydrogens is 395 g/mol. The van der Waals surface area contributed by atoms with Gasteiger partial charge in [0.05, 0.1) is 18.6 Å². The minimum atomic E-state index is -4.75. The standard InChI is InChI=1S/C23H18F3NO3/c24-23(25,26)30-19-8-6-18(7-9-19)22-20-4-2-1-3-17(20)11-13-27(22)21(28)10-5-16-12-14-29-15-16/h1-10,12,14-15,22H,11,13H2/b10-5+. The van der Waals surface area contributed by atoms with Gasteiger partial charge < -0.3 is 14.1 Å². The number of alkyl halides is 3. The fourth-order valence-electron chi connectivity index (χ4n) is 3.65. The van der Waals surface area contributed by atoms with E-state index in [4.69, 9.17) is 4.42 Å². The molecule has 0 spiro atoms.